The van der Waals surface area contributed by atoms with E-state index in [0.717, 1.165) is 4.90 Å². The molecule has 0 atom stereocenters. The van der Waals surface area contributed by atoms with Crippen LogP contribution in [0.2, 0.25) is 5.02 Å². The predicted octanol–water partition coefficient (Wildman–Crippen LogP) is 3.24. The number of methoxy groups -OCH3 is 2. The fourth-order valence-electron chi connectivity index (χ4n) is 1.56. The lowest BCUT2D eigenvalue weighted by Gasteiger charge is -2.21. The molecule has 0 spiro atoms. The average Bonchev–Trinajstić information content (AvgIpc) is 2.38. The van der Waals surface area contributed by atoms with E-state index in [-0.39, 0.29) is 0 Å². The summed E-state index contributed by atoms with van der Waals surface area (Å²) in [5.74, 6) is 0. The first-order valence-corrected chi connectivity index (χ1v) is 5.68. The molecule has 0 N–H and O–H groups in total. The second kappa shape index (κ2) is 6.26. The van der Waals surface area contributed by atoms with Crippen molar-refractivity contribution in [1.29, 1.82) is 0 Å². The summed E-state index contributed by atoms with van der Waals surface area (Å²) >= 11 is 6.04. The first kappa shape index (κ1) is 14.3. The SMILES string of the molecule is CCc1c(Cl)cccc1N(C(=O)OC)C(=O)OC. The predicted molar refractivity (Wildman–Crippen MR) is 68.1 cm³/mol. The van der Waals surface area contributed by atoms with Crippen LogP contribution in [0.3, 0.4) is 0 Å². The second-order valence-corrected chi connectivity index (χ2v) is 3.77. The van der Waals surface area contributed by atoms with E-state index < -0.39 is 12.2 Å². The van der Waals surface area contributed by atoms with Gasteiger partial charge < -0.3 is 9.47 Å². The van der Waals surface area contributed by atoms with E-state index in [1.807, 2.05) is 6.92 Å². The zero-order chi connectivity index (χ0) is 13.7. The number of amides is 2. The number of nitrogens with zero attached hydrogens (tertiary/aromatic N) is 1. The number of hydrogen-bond acceptors (Lipinski definition) is 4. The molecule has 98 valence electrons. The lowest BCUT2D eigenvalue weighted by molar-refractivity contribution is 0.159. The van der Waals surface area contributed by atoms with Crippen molar-refractivity contribution >= 4 is 29.5 Å². The lowest BCUT2D eigenvalue weighted by Crippen LogP contribution is -2.37. The van der Waals surface area contributed by atoms with Crippen molar-refractivity contribution in [3.63, 3.8) is 0 Å². The first-order chi connectivity index (χ1) is 8.56. The number of anilines is 1. The summed E-state index contributed by atoms with van der Waals surface area (Å²) < 4.78 is 9.14. The quantitative estimate of drug-likeness (QED) is 0.828. The second-order valence-electron chi connectivity index (χ2n) is 3.37. The van der Waals surface area contributed by atoms with Crippen LogP contribution in [0.4, 0.5) is 15.3 Å². The number of rotatable bonds is 2. The molecule has 0 bridgehead atoms. The molecule has 2 amide bonds. The van der Waals surface area contributed by atoms with Crippen molar-refractivity contribution in [2.24, 2.45) is 0 Å². The standard InChI is InChI=1S/C12H14ClNO4/c1-4-8-9(13)6-5-7-10(8)14(11(15)17-2)12(16)18-3/h5-7H,4H2,1-3H3. The fourth-order valence-corrected chi connectivity index (χ4v) is 1.86. The summed E-state index contributed by atoms with van der Waals surface area (Å²) in [7, 11) is 2.38. The van der Waals surface area contributed by atoms with Crippen LogP contribution in [0.15, 0.2) is 18.2 Å². The van der Waals surface area contributed by atoms with Crippen LogP contribution in [0.1, 0.15) is 12.5 Å². The Morgan fingerprint density at radius 2 is 1.78 bits per heavy atom. The maximum Gasteiger partial charge on any atom is 0.423 e. The summed E-state index contributed by atoms with van der Waals surface area (Å²) in [6.07, 6.45) is -1.07. The van der Waals surface area contributed by atoms with Crippen molar-refractivity contribution in [1.82, 2.24) is 0 Å². The summed E-state index contributed by atoms with van der Waals surface area (Å²) in [5, 5.41) is 0.479. The highest BCUT2D eigenvalue weighted by atomic mass is 35.5. The summed E-state index contributed by atoms with van der Waals surface area (Å²) in [6, 6.07) is 4.95. The van der Waals surface area contributed by atoms with Gasteiger partial charge in [-0.3, -0.25) is 0 Å². The van der Waals surface area contributed by atoms with Crippen LogP contribution in [0, 0.1) is 0 Å². The van der Waals surface area contributed by atoms with Gasteiger partial charge in [0, 0.05) is 5.02 Å². The molecule has 0 aliphatic rings. The van der Waals surface area contributed by atoms with Gasteiger partial charge in [0.15, 0.2) is 0 Å². The van der Waals surface area contributed by atoms with E-state index in [0.29, 0.717) is 22.7 Å². The van der Waals surface area contributed by atoms with Gasteiger partial charge in [0.05, 0.1) is 19.9 Å². The number of ether oxygens (including phenoxy) is 2. The number of carbonyl (C=O) groups is 2. The zero-order valence-corrected chi connectivity index (χ0v) is 11.2. The van der Waals surface area contributed by atoms with Gasteiger partial charge in [0.25, 0.3) is 0 Å². The molecule has 0 unspecified atom stereocenters. The number of halogens is 1. The number of imide groups is 1. The molecule has 6 heteroatoms. The van der Waals surface area contributed by atoms with Gasteiger partial charge in [0.1, 0.15) is 0 Å². The van der Waals surface area contributed by atoms with Crippen molar-refractivity contribution in [2.75, 3.05) is 19.1 Å². The van der Waals surface area contributed by atoms with Gasteiger partial charge in [-0.15, -0.1) is 0 Å². The van der Waals surface area contributed by atoms with Crippen molar-refractivity contribution in [2.45, 2.75) is 13.3 Å². The van der Waals surface area contributed by atoms with Gasteiger partial charge in [-0.1, -0.05) is 24.6 Å². The number of benzene rings is 1. The van der Waals surface area contributed by atoms with Crippen molar-refractivity contribution < 1.29 is 19.1 Å². The Bertz CT molecular complexity index is 445. The molecule has 0 saturated carbocycles. The van der Waals surface area contributed by atoms with Gasteiger partial charge in [-0.25, -0.2) is 9.59 Å². The van der Waals surface area contributed by atoms with Crippen molar-refractivity contribution in [3.8, 4) is 0 Å². The molecule has 0 aliphatic heterocycles. The molecule has 0 fully saturated rings. The normalized spacial score (nSPS) is 9.78. The highest BCUT2D eigenvalue weighted by molar-refractivity contribution is 6.32. The summed E-state index contributed by atoms with van der Waals surface area (Å²) in [6.45, 7) is 1.87. The minimum absolute atomic E-state index is 0.365. The molecule has 0 aliphatic carbocycles. The van der Waals surface area contributed by atoms with Crippen LogP contribution >= 0.6 is 11.6 Å². The zero-order valence-electron chi connectivity index (χ0n) is 10.4. The maximum atomic E-state index is 11.7. The Kier molecular flexibility index (Phi) is 4.97. The average molecular weight is 272 g/mol. The third kappa shape index (κ3) is 2.73. The van der Waals surface area contributed by atoms with Crippen LogP contribution < -0.4 is 4.90 Å². The number of carbonyl (C=O) groups excluding carboxylic acids is 2. The molecular formula is C12H14ClNO4. The highest BCUT2D eigenvalue weighted by Gasteiger charge is 2.27. The van der Waals surface area contributed by atoms with Crippen LogP contribution in [-0.4, -0.2) is 26.4 Å². The van der Waals surface area contributed by atoms with E-state index in [4.69, 9.17) is 11.6 Å². The fraction of sp³-hybridized carbons (Fsp3) is 0.333. The van der Waals surface area contributed by atoms with Gasteiger partial charge in [-0.2, -0.15) is 4.90 Å². The Morgan fingerprint density at radius 1 is 1.22 bits per heavy atom. The van der Waals surface area contributed by atoms with Crippen LogP contribution in [0.5, 0.6) is 0 Å². The van der Waals surface area contributed by atoms with Crippen LogP contribution in [0.25, 0.3) is 0 Å². The van der Waals surface area contributed by atoms with Crippen molar-refractivity contribution in [3.05, 3.63) is 28.8 Å². The molecule has 1 rings (SSSR count). The molecule has 0 radical (unpaired) electrons. The van der Waals surface area contributed by atoms with Gasteiger partial charge >= 0.3 is 12.2 Å². The maximum absolute atomic E-state index is 11.7. The van der Waals surface area contributed by atoms with Gasteiger partial charge in [-0.05, 0) is 24.1 Å². The Hall–Kier alpha value is -1.75. The molecule has 1 aromatic carbocycles. The minimum Gasteiger partial charge on any atom is -0.452 e. The Labute approximate surface area is 110 Å². The van der Waals surface area contributed by atoms with E-state index in [1.165, 1.54) is 14.2 Å². The molecule has 0 saturated heterocycles. The van der Waals surface area contributed by atoms with E-state index in [2.05, 4.69) is 9.47 Å². The van der Waals surface area contributed by atoms with E-state index >= 15 is 0 Å². The topological polar surface area (TPSA) is 55.8 Å². The highest BCUT2D eigenvalue weighted by Crippen LogP contribution is 2.29. The third-order valence-electron chi connectivity index (χ3n) is 2.40. The Balaban J connectivity index is 3.33. The summed E-state index contributed by atoms with van der Waals surface area (Å²) in [4.78, 5) is 24.1. The van der Waals surface area contributed by atoms with Crippen LogP contribution in [-0.2, 0) is 15.9 Å². The largest absolute Gasteiger partial charge is 0.452 e. The monoisotopic (exact) mass is 271 g/mol. The smallest absolute Gasteiger partial charge is 0.423 e. The Morgan fingerprint density at radius 3 is 2.22 bits per heavy atom. The van der Waals surface area contributed by atoms with E-state index in [9.17, 15) is 9.59 Å². The molecule has 5 nitrogen and oxygen atoms in total. The molecule has 18 heavy (non-hydrogen) atoms. The minimum atomic E-state index is -0.821. The molecular weight excluding hydrogens is 258 g/mol. The van der Waals surface area contributed by atoms with Gasteiger partial charge in [0.2, 0.25) is 0 Å². The van der Waals surface area contributed by atoms with E-state index in [1.54, 1.807) is 18.2 Å². The lowest BCUT2D eigenvalue weighted by atomic mass is 10.1. The first-order valence-electron chi connectivity index (χ1n) is 5.30. The third-order valence-corrected chi connectivity index (χ3v) is 2.76. The molecule has 1 aromatic rings. The number of hydrogen-bond donors (Lipinski definition) is 0. The summed E-state index contributed by atoms with van der Waals surface area (Å²) in [5.41, 5.74) is 1.04. The molecule has 0 aromatic heterocycles. The molecule has 0 heterocycles.